The third-order valence-corrected chi connectivity index (χ3v) is 4.05. The molecule has 0 aromatic heterocycles. The monoisotopic (exact) mass is 367 g/mol. The highest BCUT2D eigenvalue weighted by atomic mass is 16.2. The van der Waals surface area contributed by atoms with E-state index in [2.05, 4.69) is 16.0 Å². The highest BCUT2D eigenvalue weighted by Crippen LogP contribution is 2.21. The van der Waals surface area contributed by atoms with Gasteiger partial charge in [0.05, 0.1) is 6.04 Å². The number of carbonyl (C=O) groups excluding carboxylic acids is 3. The van der Waals surface area contributed by atoms with Crippen LogP contribution in [0.4, 0.5) is 4.79 Å². The largest absolute Gasteiger partial charge is 0.345 e. The fourth-order valence-corrected chi connectivity index (χ4v) is 2.82. The molecular formula is C21H25N3O3. The summed E-state index contributed by atoms with van der Waals surface area (Å²) in [7, 11) is 0. The summed E-state index contributed by atoms with van der Waals surface area (Å²) < 4.78 is 0. The van der Waals surface area contributed by atoms with Gasteiger partial charge in [-0.05, 0) is 17.5 Å². The lowest BCUT2D eigenvalue weighted by Gasteiger charge is -2.21. The molecule has 0 spiro atoms. The molecule has 0 aliphatic heterocycles. The van der Waals surface area contributed by atoms with Crippen molar-refractivity contribution >= 4 is 17.8 Å². The Morgan fingerprint density at radius 3 is 1.81 bits per heavy atom. The summed E-state index contributed by atoms with van der Waals surface area (Å²) in [5.74, 6) is -0.833. The van der Waals surface area contributed by atoms with Crippen LogP contribution in [0.25, 0.3) is 0 Å². The Morgan fingerprint density at radius 2 is 1.37 bits per heavy atom. The van der Waals surface area contributed by atoms with E-state index >= 15 is 0 Å². The summed E-state index contributed by atoms with van der Waals surface area (Å²) in [6, 6.07) is 17.3. The van der Waals surface area contributed by atoms with Gasteiger partial charge < -0.3 is 10.6 Å². The SMILES string of the molecule is CCC[C@@H](NC(C)=O)C(=O)NC(=O)NC(c1ccccc1)c1ccccc1. The molecule has 0 bridgehead atoms. The minimum atomic E-state index is -0.731. The molecule has 0 saturated heterocycles. The molecule has 6 nitrogen and oxygen atoms in total. The first-order valence-electron chi connectivity index (χ1n) is 8.99. The van der Waals surface area contributed by atoms with Crippen LogP contribution >= 0.6 is 0 Å². The molecule has 0 unspecified atom stereocenters. The smallest absolute Gasteiger partial charge is 0.322 e. The molecule has 27 heavy (non-hydrogen) atoms. The maximum absolute atomic E-state index is 12.4. The quantitative estimate of drug-likeness (QED) is 0.703. The van der Waals surface area contributed by atoms with E-state index in [9.17, 15) is 14.4 Å². The van der Waals surface area contributed by atoms with Crippen molar-refractivity contribution in [3.8, 4) is 0 Å². The molecule has 0 saturated carbocycles. The maximum Gasteiger partial charge on any atom is 0.322 e. The van der Waals surface area contributed by atoms with Crippen molar-refractivity contribution in [1.29, 1.82) is 0 Å². The third-order valence-electron chi connectivity index (χ3n) is 4.05. The van der Waals surface area contributed by atoms with Gasteiger partial charge in [-0.3, -0.25) is 14.9 Å². The Morgan fingerprint density at radius 1 is 0.852 bits per heavy atom. The zero-order valence-corrected chi connectivity index (χ0v) is 15.6. The minimum Gasteiger partial charge on any atom is -0.345 e. The summed E-state index contributed by atoms with van der Waals surface area (Å²) in [6.45, 7) is 3.25. The zero-order valence-electron chi connectivity index (χ0n) is 15.6. The number of carbonyl (C=O) groups is 3. The first-order valence-corrected chi connectivity index (χ1v) is 8.99. The molecule has 2 aromatic rings. The van der Waals surface area contributed by atoms with Crippen LogP contribution in [0.2, 0.25) is 0 Å². The van der Waals surface area contributed by atoms with Crippen molar-refractivity contribution in [3.63, 3.8) is 0 Å². The van der Waals surface area contributed by atoms with Gasteiger partial charge in [0.15, 0.2) is 0 Å². The van der Waals surface area contributed by atoms with Gasteiger partial charge in [0.2, 0.25) is 5.91 Å². The van der Waals surface area contributed by atoms with Gasteiger partial charge in [-0.2, -0.15) is 0 Å². The Balaban J connectivity index is 2.12. The molecular weight excluding hydrogens is 342 g/mol. The van der Waals surface area contributed by atoms with Crippen molar-refractivity contribution in [2.45, 2.75) is 38.8 Å². The van der Waals surface area contributed by atoms with Gasteiger partial charge >= 0.3 is 6.03 Å². The second-order valence-electron chi connectivity index (χ2n) is 6.26. The minimum absolute atomic E-state index is 0.310. The molecule has 2 aromatic carbocycles. The fraction of sp³-hybridized carbons (Fsp3) is 0.286. The molecule has 0 aliphatic rings. The van der Waals surface area contributed by atoms with Crippen LogP contribution in [0, 0.1) is 0 Å². The van der Waals surface area contributed by atoms with Gasteiger partial charge in [-0.15, -0.1) is 0 Å². The number of hydrogen-bond donors (Lipinski definition) is 3. The number of amides is 4. The number of benzene rings is 2. The number of hydrogen-bond acceptors (Lipinski definition) is 3. The molecule has 0 aliphatic carbocycles. The Labute approximate surface area is 159 Å². The average molecular weight is 367 g/mol. The lowest BCUT2D eigenvalue weighted by molar-refractivity contribution is -0.127. The predicted octanol–water partition coefficient (Wildman–Crippen LogP) is 2.91. The molecule has 6 heteroatoms. The van der Waals surface area contributed by atoms with Crippen molar-refractivity contribution in [3.05, 3.63) is 71.8 Å². The second kappa shape index (κ2) is 10.1. The molecule has 2 rings (SSSR count). The van der Waals surface area contributed by atoms with Gasteiger partial charge in [0, 0.05) is 6.92 Å². The van der Waals surface area contributed by atoms with E-state index in [-0.39, 0.29) is 5.91 Å². The normalized spacial score (nSPS) is 11.5. The Kier molecular flexibility index (Phi) is 7.55. The number of rotatable bonds is 7. The summed E-state index contributed by atoms with van der Waals surface area (Å²) in [6.07, 6.45) is 1.16. The predicted molar refractivity (Wildman–Crippen MR) is 104 cm³/mol. The number of imide groups is 1. The molecule has 1 atom stereocenters. The molecule has 3 N–H and O–H groups in total. The molecule has 0 radical (unpaired) electrons. The maximum atomic E-state index is 12.4. The van der Waals surface area contributed by atoms with Crippen molar-refractivity contribution in [1.82, 2.24) is 16.0 Å². The molecule has 4 amide bonds. The van der Waals surface area contributed by atoms with Crippen LogP contribution in [0.1, 0.15) is 43.9 Å². The van der Waals surface area contributed by atoms with Crippen LogP contribution < -0.4 is 16.0 Å². The van der Waals surface area contributed by atoms with Crippen molar-refractivity contribution < 1.29 is 14.4 Å². The van der Waals surface area contributed by atoms with Gasteiger partial charge in [0.25, 0.3) is 5.91 Å². The van der Waals surface area contributed by atoms with E-state index in [0.29, 0.717) is 12.8 Å². The summed E-state index contributed by atoms with van der Waals surface area (Å²) in [4.78, 5) is 36.1. The molecule has 142 valence electrons. The highest BCUT2D eigenvalue weighted by Gasteiger charge is 2.22. The Hall–Kier alpha value is -3.15. The highest BCUT2D eigenvalue weighted by molar-refractivity contribution is 5.98. The van der Waals surface area contributed by atoms with E-state index in [0.717, 1.165) is 11.1 Å². The van der Waals surface area contributed by atoms with Crippen molar-refractivity contribution in [2.24, 2.45) is 0 Å². The van der Waals surface area contributed by atoms with Crippen LogP contribution in [-0.4, -0.2) is 23.9 Å². The number of nitrogens with one attached hydrogen (secondary N) is 3. The lowest BCUT2D eigenvalue weighted by Crippen LogP contribution is -2.50. The van der Waals surface area contributed by atoms with E-state index in [4.69, 9.17) is 0 Å². The van der Waals surface area contributed by atoms with Gasteiger partial charge in [0.1, 0.15) is 6.04 Å². The molecule has 0 heterocycles. The number of urea groups is 1. The van der Waals surface area contributed by atoms with E-state index in [1.165, 1.54) is 6.92 Å². The van der Waals surface area contributed by atoms with Crippen LogP contribution in [-0.2, 0) is 9.59 Å². The van der Waals surface area contributed by atoms with Gasteiger partial charge in [-0.1, -0.05) is 74.0 Å². The van der Waals surface area contributed by atoms with Gasteiger partial charge in [-0.25, -0.2) is 4.79 Å². The van der Waals surface area contributed by atoms with Crippen LogP contribution in [0.3, 0.4) is 0 Å². The zero-order chi connectivity index (χ0) is 19.6. The third kappa shape index (κ3) is 6.26. The first kappa shape index (κ1) is 20.2. The van der Waals surface area contributed by atoms with E-state index in [1.54, 1.807) is 0 Å². The standard InChI is InChI=1S/C21H25N3O3/c1-3-10-18(22-15(2)25)20(26)24-21(27)23-19(16-11-6-4-7-12-16)17-13-8-5-9-14-17/h4-9,11-14,18-19H,3,10H2,1-2H3,(H,22,25)(H2,23,24,26,27)/t18-/m1/s1. The van der Waals surface area contributed by atoms with E-state index in [1.807, 2.05) is 67.6 Å². The topological polar surface area (TPSA) is 87.3 Å². The average Bonchev–Trinajstić information content (AvgIpc) is 2.67. The fourth-order valence-electron chi connectivity index (χ4n) is 2.82. The molecule has 0 fully saturated rings. The van der Waals surface area contributed by atoms with Crippen LogP contribution in [0.5, 0.6) is 0 Å². The first-order chi connectivity index (χ1) is 13.0. The summed E-state index contributed by atoms with van der Waals surface area (Å²) >= 11 is 0. The van der Waals surface area contributed by atoms with E-state index < -0.39 is 24.0 Å². The summed E-state index contributed by atoms with van der Waals surface area (Å²) in [5.41, 5.74) is 1.80. The van der Waals surface area contributed by atoms with Crippen LogP contribution in [0.15, 0.2) is 60.7 Å². The summed E-state index contributed by atoms with van der Waals surface area (Å²) in [5, 5.41) is 7.76. The van der Waals surface area contributed by atoms with Crippen molar-refractivity contribution in [2.75, 3.05) is 0 Å². The lowest BCUT2D eigenvalue weighted by atomic mass is 9.99. The second-order valence-corrected chi connectivity index (χ2v) is 6.26. The Bertz CT molecular complexity index is 723.